The van der Waals surface area contributed by atoms with E-state index < -0.39 is 5.41 Å². The van der Waals surface area contributed by atoms with Crippen LogP contribution in [0, 0.1) is 19.3 Å². The maximum absolute atomic E-state index is 6.65. The second-order valence-electron chi connectivity index (χ2n) is 15.7. The molecule has 7 aromatic carbocycles. The summed E-state index contributed by atoms with van der Waals surface area (Å²) in [6, 6.07) is 63.1. The highest BCUT2D eigenvalue weighted by Crippen LogP contribution is 2.61. The lowest BCUT2D eigenvalue weighted by Crippen LogP contribution is -2.31. The van der Waals surface area contributed by atoms with Gasteiger partial charge in [-0.3, -0.25) is 4.99 Å². The number of terminal acetylenes is 1. The number of allylic oxidation sites excluding steroid dienone is 3. The zero-order valence-electron chi connectivity index (χ0n) is 33.3. The van der Waals surface area contributed by atoms with E-state index in [0.29, 0.717) is 6.42 Å². The second-order valence-corrected chi connectivity index (χ2v) is 15.7. The minimum Gasteiger partial charge on any atom is -0.368 e. The SMILES string of the molecule is C#CC1=C(/C=C\CC(N=C(NC(C)C)c2ccc(-c3ccccc3)cc2)c2ccc(-c3ccccc3)cc2)c2ccccc2C12c1ccccc1-c1ccc(C)cc12. The highest BCUT2D eigenvalue weighted by Gasteiger charge is 2.52. The van der Waals surface area contributed by atoms with Crippen LogP contribution in [0.15, 0.2) is 199 Å². The molecule has 0 aromatic heterocycles. The number of hydrogen-bond donors (Lipinski definition) is 1. The van der Waals surface area contributed by atoms with Crippen LogP contribution >= 0.6 is 0 Å². The lowest BCUT2D eigenvalue weighted by Gasteiger charge is -2.30. The van der Waals surface area contributed by atoms with Gasteiger partial charge in [-0.25, -0.2) is 0 Å². The van der Waals surface area contributed by atoms with Crippen LogP contribution in [0.25, 0.3) is 39.0 Å². The Morgan fingerprint density at radius 2 is 1.16 bits per heavy atom. The van der Waals surface area contributed by atoms with Crippen molar-refractivity contribution in [3.8, 4) is 45.7 Å². The summed E-state index contributed by atoms with van der Waals surface area (Å²) in [4.78, 5) is 5.55. The molecule has 2 nitrogen and oxygen atoms in total. The first-order chi connectivity index (χ1) is 28.4. The molecule has 2 aliphatic rings. The van der Waals surface area contributed by atoms with Gasteiger partial charge in [0.1, 0.15) is 5.84 Å². The summed E-state index contributed by atoms with van der Waals surface area (Å²) in [5, 5.41) is 3.70. The Labute approximate surface area is 343 Å². The summed E-state index contributed by atoms with van der Waals surface area (Å²) < 4.78 is 0. The fourth-order valence-corrected chi connectivity index (χ4v) is 9.01. The van der Waals surface area contributed by atoms with Crippen LogP contribution in [0.1, 0.15) is 65.3 Å². The maximum Gasteiger partial charge on any atom is 0.129 e. The van der Waals surface area contributed by atoms with Crippen molar-refractivity contribution in [3.63, 3.8) is 0 Å². The van der Waals surface area contributed by atoms with E-state index in [-0.39, 0.29) is 12.1 Å². The predicted octanol–water partition coefficient (Wildman–Crippen LogP) is 13.2. The normalized spacial score (nSPS) is 16.0. The van der Waals surface area contributed by atoms with Crippen LogP contribution < -0.4 is 5.32 Å². The van der Waals surface area contributed by atoms with Gasteiger partial charge in [-0.15, -0.1) is 6.42 Å². The quantitative estimate of drug-likeness (QED) is 0.0888. The highest BCUT2D eigenvalue weighted by atomic mass is 15.0. The van der Waals surface area contributed by atoms with E-state index in [1.54, 1.807) is 0 Å². The number of fused-ring (bicyclic) bond motifs is 7. The average molecular weight is 747 g/mol. The molecule has 2 atom stereocenters. The van der Waals surface area contributed by atoms with E-state index in [4.69, 9.17) is 11.4 Å². The Bertz CT molecular complexity index is 2740. The number of hydrogen-bond acceptors (Lipinski definition) is 1. The van der Waals surface area contributed by atoms with Crippen LogP contribution in [0.5, 0.6) is 0 Å². The van der Waals surface area contributed by atoms with E-state index in [1.165, 1.54) is 61.2 Å². The number of aliphatic imine (C=N–C) groups is 1. The first kappa shape index (κ1) is 36.7. The molecule has 7 aromatic rings. The molecule has 0 saturated carbocycles. The van der Waals surface area contributed by atoms with Crippen LogP contribution in [0.3, 0.4) is 0 Å². The van der Waals surface area contributed by atoms with Gasteiger partial charge in [-0.05, 0) is 94.0 Å². The molecule has 1 N–H and O–H groups in total. The van der Waals surface area contributed by atoms with Gasteiger partial charge in [0, 0.05) is 17.2 Å². The molecular formula is C56H46N2. The monoisotopic (exact) mass is 746 g/mol. The fraction of sp³-hybridized carbons (Fsp3) is 0.125. The molecule has 2 unspecified atom stereocenters. The van der Waals surface area contributed by atoms with Crippen molar-refractivity contribution in [2.45, 2.75) is 44.7 Å². The van der Waals surface area contributed by atoms with E-state index in [0.717, 1.165) is 28.1 Å². The minimum absolute atomic E-state index is 0.160. The van der Waals surface area contributed by atoms with Crippen molar-refractivity contribution >= 4 is 11.4 Å². The predicted molar refractivity (Wildman–Crippen MR) is 244 cm³/mol. The summed E-state index contributed by atoms with van der Waals surface area (Å²) in [5.74, 6) is 4.15. The van der Waals surface area contributed by atoms with Crippen molar-refractivity contribution in [2.24, 2.45) is 4.99 Å². The first-order valence-electron chi connectivity index (χ1n) is 20.3. The third kappa shape index (κ3) is 6.49. The van der Waals surface area contributed by atoms with Gasteiger partial charge in [0.25, 0.3) is 0 Å². The number of nitrogens with one attached hydrogen (secondary N) is 1. The number of aryl methyl sites for hydroxylation is 1. The minimum atomic E-state index is -0.548. The molecule has 9 rings (SSSR count). The van der Waals surface area contributed by atoms with Crippen LogP contribution in [0.4, 0.5) is 0 Å². The molecule has 0 fully saturated rings. The van der Waals surface area contributed by atoms with Crippen molar-refractivity contribution in [2.75, 3.05) is 0 Å². The van der Waals surface area contributed by atoms with Crippen molar-refractivity contribution in [3.05, 3.63) is 233 Å². The Balaban J connectivity index is 1.14. The molecule has 0 saturated heterocycles. The molecule has 0 heterocycles. The number of nitrogens with zero attached hydrogens (tertiary/aromatic N) is 1. The zero-order chi connectivity index (χ0) is 39.6. The number of amidine groups is 1. The van der Waals surface area contributed by atoms with Gasteiger partial charge in [-0.1, -0.05) is 200 Å². The molecule has 2 heteroatoms. The Hall–Kier alpha value is -6.95. The maximum atomic E-state index is 6.65. The number of benzene rings is 7. The number of rotatable bonds is 9. The van der Waals surface area contributed by atoms with Gasteiger partial charge < -0.3 is 5.32 Å². The summed E-state index contributed by atoms with van der Waals surface area (Å²) in [6.45, 7) is 6.50. The molecule has 280 valence electrons. The first-order valence-corrected chi connectivity index (χ1v) is 20.3. The summed E-state index contributed by atoms with van der Waals surface area (Å²) in [5.41, 5.74) is 17.2. The summed E-state index contributed by atoms with van der Waals surface area (Å²) in [7, 11) is 0. The Morgan fingerprint density at radius 1 is 0.621 bits per heavy atom. The van der Waals surface area contributed by atoms with E-state index in [9.17, 15) is 0 Å². The lowest BCUT2D eigenvalue weighted by atomic mass is 9.69. The zero-order valence-corrected chi connectivity index (χ0v) is 33.3. The fourth-order valence-electron chi connectivity index (χ4n) is 9.01. The standard InChI is InChI=1S/C56H46N2/c1-5-50-46(47-21-12-14-24-51(47)56(50)52-25-15-13-22-48(52)49-36-27-39(4)37-53(49)56)23-16-26-54(44-32-28-42(29-33-44)40-17-8-6-9-18-40)58-55(57-38(2)3)45-34-30-43(31-35-45)41-19-10-7-11-20-41/h1,6-25,27-38,54H,26H2,2-4H3,(H,57,58)/b23-16-. The van der Waals surface area contributed by atoms with Gasteiger partial charge >= 0.3 is 0 Å². The van der Waals surface area contributed by atoms with Crippen LogP contribution in [-0.4, -0.2) is 11.9 Å². The molecule has 1 spiro atoms. The van der Waals surface area contributed by atoms with E-state index >= 15 is 0 Å². The summed E-state index contributed by atoms with van der Waals surface area (Å²) >= 11 is 0. The van der Waals surface area contributed by atoms with Crippen LogP contribution in [-0.2, 0) is 5.41 Å². The molecule has 0 aliphatic heterocycles. The average Bonchev–Trinajstić information content (AvgIpc) is 3.72. The molecular weight excluding hydrogens is 701 g/mol. The Kier molecular flexibility index (Phi) is 9.82. The summed E-state index contributed by atoms with van der Waals surface area (Å²) in [6.07, 6.45) is 11.9. The van der Waals surface area contributed by atoms with E-state index in [2.05, 4.69) is 220 Å². The van der Waals surface area contributed by atoms with E-state index in [1.807, 2.05) is 0 Å². The molecule has 0 radical (unpaired) electrons. The third-order valence-electron chi connectivity index (χ3n) is 11.6. The van der Waals surface area contributed by atoms with Gasteiger partial charge in [0.05, 0.1) is 11.5 Å². The lowest BCUT2D eigenvalue weighted by molar-refractivity contribution is 0.698. The Morgan fingerprint density at radius 3 is 1.78 bits per heavy atom. The molecule has 58 heavy (non-hydrogen) atoms. The molecule has 0 bridgehead atoms. The second kappa shape index (κ2) is 15.5. The van der Waals surface area contributed by atoms with Crippen LogP contribution in [0.2, 0.25) is 0 Å². The van der Waals surface area contributed by atoms with Gasteiger partial charge in [0.15, 0.2) is 0 Å². The highest BCUT2D eigenvalue weighted by molar-refractivity contribution is 6.00. The van der Waals surface area contributed by atoms with Crippen molar-refractivity contribution < 1.29 is 0 Å². The molecule has 2 aliphatic carbocycles. The largest absolute Gasteiger partial charge is 0.368 e. The smallest absolute Gasteiger partial charge is 0.129 e. The third-order valence-corrected chi connectivity index (χ3v) is 11.6. The molecule has 0 amide bonds. The topological polar surface area (TPSA) is 24.4 Å². The van der Waals surface area contributed by atoms with Gasteiger partial charge in [-0.2, -0.15) is 0 Å². The van der Waals surface area contributed by atoms with Crippen molar-refractivity contribution in [1.29, 1.82) is 0 Å². The van der Waals surface area contributed by atoms with Crippen molar-refractivity contribution in [1.82, 2.24) is 5.32 Å². The van der Waals surface area contributed by atoms with Gasteiger partial charge in [0.2, 0.25) is 0 Å².